The van der Waals surface area contributed by atoms with E-state index in [-0.39, 0.29) is 23.9 Å². The van der Waals surface area contributed by atoms with E-state index < -0.39 is 12.2 Å². The van der Waals surface area contributed by atoms with Crippen LogP contribution in [-0.4, -0.2) is 35.1 Å². The summed E-state index contributed by atoms with van der Waals surface area (Å²) in [5, 5.41) is 21.1. The molecule has 0 saturated heterocycles. The molecule has 6 atom stereocenters. The van der Waals surface area contributed by atoms with Crippen LogP contribution in [0.3, 0.4) is 0 Å². The van der Waals surface area contributed by atoms with Crippen LogP contribution < -0.4 is 10.5 Å². The maximum absolute atomic E-state index is 10.6. The second-order valence-electron chi connectivity index (χ2n) is 8.48. The number of hydrogen-bond acceptors (Lipinski definition) is 4. The van der Waals surface area contributed by atoms with Crippen molar-refractivity contribution < 1.29 is 14.9 Å². The molecule has 2 aliphatic rings. The molecule has 158 valence electrons. The second kappa shape index (κ2) is 10.3. The van der Waals surface area contributed by atoms with E-state index in [1.54, 1.807) is 0 Å². The summed E-state index contributed by atoms with van der Waals surface area (Å²) in [7, 11) is 0. The smallest absolute Gasteiger partial charge is 0.126 e. The van der Waals surface area contributed by atoms with Gasteiger partial charge in [0.1, 0.15) is 11.9 Å². The zero-order valence-corrected chi connectivity index (χ0v) is 17.7. The van der Waals surface area contributed by atoms with Crippen molar-refractivity contribution in [3.8, 4) is 17.6 Å². The van der Waals surface area contributed by atoms with E-state index in [1.165, 1.54) is 11.1 Å². The standard InChI is InChI=1S/C25H35NO3/c1-3-4-9-17(2)21(27)14-13-19-22(28)16-23-24(19)20-12-8-11-18(25(20)29-23)10-6-5-7-15-26/h8,11-14,17,19,21-24,27-28H,5-7,9-10,15-16,26H2,1-2H3/t17-,19+,21-,22-,23+,24+/m1/s1. The Labute approximate surface area is 175 Å². The van der Waals surface area contributed by atoms with Crippen LogP contribution in [0.4, 0.5) is 0 Å². The molecule has 0 unspecified atom stereocenters. The molecule has 1 saturated carbocycles. The molecule has 0 spiro atoms. The molecule has 1 aliphatic carbocycles. The summed E-state index contributed by atoms with van der Waals surface area (Å²) in [5.74, 6) is 7.11. The van der Waals surface area contributed by atoms with Gasteiger partial charge in [0.2, 0.25) is 0 Å². The molecule has 0 bridgehead atoms. The van der Waals surface area contributed by atoms with Crippen LogP contribution in [0.15, 0.2) is 30.4 Å². The lowest BCUT2D eigenvalue weighted by Crippen LogP contribution is -2.19. The SMILES string of the molecule is CC#CC[C@@H](C)[C@H](O)C=C[C@@H]1[C@H]2c3cccc(CCCCCN)c3O[C@H]2C[C@H]1O. The summed E-state index contributed by atoms with van der Waals surface area (Å²) < 4.78 is 6.33. The Kier molecular flexibility index (Phi) is 7.77. The van der Waals surface area contributed by atoms with E-state index in [1.807, 2.05) is 26.0 Å². The lowest BCUT2D eigenvalue weighted by Gasteiger charge is -2.19. The van der Waals surface area contributed by atoms with Gasteiger partial charge >= 0.3 is 0 Å². The topological polar surface area (TPSA) is 75.7 Å². The summed E-state index contributed by atoms with van der Waals surface area (Å²) in [6.07, 6.45) is 8.46. The highest BCUT2D eigenvalue weighted by Crippen LogP contribution is 2.52. The first-order valence-corrected chi connectivity index (χ1v) is 11.0. The second-order valence-corrected chi connectivity index (χ2v) is 8.48. The van der Waals surface area contributed by atoms with Gasteiger partial charge in [0.15, 0.2) is 0 Å². The summed E-state index contributed by atoms with van der Waals surface area (Å²) in [6, 6.07) is 6.40. The fraction of sp³-hybridized carbons (Fsp3) is 0.600. The minimum atomic E-state index is -0.558. The minimum Gasteiger partial charge on any atom is -0.489 e. The van der Waals surface area contributed by atoms with Gasteiger partial charge in [-0.2, -0.15) is 0 Å². The summed E-state index contributed by atoms with van der Waals surface area (Å²) in [5.41, 5.74) is 8.07. The number of rotatable bonds is 9. The van der Waals surface area contributed by atoms with Gasteiger partial charge < -0.3 is 20.7 Å². The number of benzene rings is 1. The predicted octanol–water partition coefficient (Wildman–Crippen LogP) is 3.55. The van der Waals surface area contributed by atoms with Crippen molar-refractivity contribution in [2.75, 3.05) is 6.54 Å². The number of para-hydroxylation sites is 1. The van der Waals surface area contributed by atoms with Gasteiger partial charge in [-0.05, 0) is 44.2 Å². The van der Waals surface area contributed by atoms with Crippen LogP contribution in [0.1, 0.15) is 63.0 Å². The Morgan fingerprint density at radius 3 is 2.90 bits per heavy atom. The molecule has 0 radical (unpaired) electrons. The maximum Gasteiger partial charge on any atom is 0.126 e. The number of ether oxygens (including phenoxy) is 1. The van der Waals surface area contributed by atoms with E-state index in [0.717, 1.165) is 38.0 Å². The summed E-state index contributed by atoms with van der Waals surface area (Å²) in [4.78, 5) is 0. The van der Waals surface area contributed by atoms with Crippen molar-refractivity contribution in [3.05, 3.63) is 41.5 Å². The van der Waals surface area contributed by atoms with Gasteiger partial charge in [0, 0.05) is 30.2 Å². The van der Waals surface area contributed by atoms with Gasteiger partial charge in [-0.15, -0.1) is 11.8 Å². The molecular weight excluding hydrogens is 362 g/mol. The number of aliphatic hydroxyl groups is 2. The number of nitrogens with two attached hydrogens (primary N) is 1. The van der Waals surface area contributed by atoms with Crippen molar-refractivity contribution in [2.24, 2.45) is 17.6 Å². The molecule has 0 aromatic heterocycles. The van der Waals surface area contributed by atoms with Gasteiger partial charge in [0.25, 0.3) is 0 Å². The molecule has 3 rings (SSSR count). The Balaban J connectivity index is 1.72. The molecule has 4 nitrogen and oxygen atoms in total. The molecule has 1 aliphatic heterocycles. The van der Waals surface area contributed by atoms with Crippen LogP contribution in [0.5, 0.6) is 5.75 Å². The number of unbranched alkanes of at least 4 members (excludes halogenated alkanes) is 2. The fourth-order valence-corrected chi connectivity index (χ4v) is 4.62. The first-order valence-electron chi connectivity index (χ1n) is 11.0. The van der Waals surface area contributed by atoms with E-state index in [0.29, 0.717) is 12.8 Å². The van der Waals surface area contributed by atoms with Crippen molar-refractivity contribution >= 4 is 0 Å². The third-order valence-corrected chi connectivity index (χ3v) is 6.35. The lowest BCUT2D eigenvalue weighted by molar-refractivity contribution is 0.134. The van der Waals surface area contributed by atoms with Crippen molar-refractivity contribution in [1.29, 1.82) is 0 Å². The van der Waals surface area contributed by atoms with Crippen LogP contribution in [0.25, 0.3) is 0 Å². The van der Waals surface area contributed by atoms with Crippen LogP contribution in [-0.2, 0) is 6.42 Å². The molecule has 1 aromatic carbocycles. The van der Waals surface area contributed by atoms with E-state index in [2.05, 4.69) is 30.0 Å². The average Bonchev–Trinajstić information content (AvgIpc) is 3.22. The Bertz CT molecular complexity index is 763. The third-order valence-electron chi connectivity index (χ3n) is 6.35. The van der Waals surface area contributed by atoms with E-state index in [9.17, 15) is 10.2 Å². The fourth-order valence-electron chi connectivity index (χ4n) is 4.62. The molecule has 1 heterocycles. The summed E-state index contributed by atoms with van der Waals surface area (Å²) >= 11 is 0. The Morgan fingerprint density at radius 2 is 2.14 bits per heavy atom. The van der Waals surface area contributed by atoms with Crippen LogP contribution >= 0.6 is 0 Å². The van der Waals surface area contributed by atoms with Crippen LogP contribution in [0, 0.1) is 23.7 Å². The maximum atomic E-state index is 10.6. The zero-order chi connectivity index (χ0) is 20.8. The van der Waals surface area contributed by atoms with Gasteiger partial charge in [-0.3, -0.25) is 0 Å². The van der Waals surface area contributed by atoms with Crippen molar-refractivity contribution in [1.82, 2.24) is 0 Å². The number of aliphatic hydroxyl groups excluding tert-OH is 2. The Hall–Kier alpha value is -1.80. The molecule has 1 aromatic rings. The average molecular weight is 398 g/mol. The first kappa shape index (κ1) is 21.9. The monoisotopic (exact) mass is 397 g/mol. The zero-order valence-electron chi connectivity index (χ0n) is 17.7. The molecule has 1 fully saturated rings. The van der Waals surface area contributed by atoms with E-state index in [4.69, 9.17) is 10.5 Å². The van der Waals surface area contributed by atoms with Crippen LogP contribution in [0.2, 0.25) is 0 Å². The largest absolute Gasteiger partial charge is 0.489 e. The van der Waals surface area contributed by atoms with Gasteiger partial charge in [-0.1, -0.05) is 43.7 Å². The highest BCUT2D eigenvalue weighted by atomic mass is 16.5. The normalized spacial score (nSPS) is 27.1. The number of hydrogen-bond donors (Lipinski definition) is 3. The molecule has 4 heteroatoms. The van der Waals surface area contributed by atoms with Gasteiger partial charge in [0.05, 0.1) is 12.2 Å². The minimum absolute atomic E-state index is 0.0142. The van der Waals surface area contributed by atoms with Crippen molar-refractivity contribution in [3.63, 3.8) is 0 Å². The number of aryl methyl sites for hydroxylation is 1. The molecule has 29 heavy (non-hydrogen) atoms. The highest BCUT2D eigenvalue weighted by molar-refractivity contribution is 5.49. The van der Waals surface area contributed by atoms with E-state index >= 15 is 0 Å². The Morgan fingerprint density at radius 1 is 1.31 bits per heavy atom. The predicted molar refractivity (Wildman–Crippen MR) is 117 cm³/mol. The summed E-state index contributed by atoms with van der Waals surface area (Å²) in [6.45, 7) is 4.56. The number of fused-ring (bicyclic) bond motifs is 3. The molecule has 4 N–H and O–H groups in total. The molecular formula is C25H35NO3. The van der Waals surface area contributed by atoms with Gasteiger partial charge in [-0.25, -0.2) is 0 Å². The highest BCUT2D eigenvalue weighted by Gasteiger charge is 2.48. The quantitative estimate of drug-likeness (QED) is 0.338. The third kappa shape index (κ3) is 5.04. The first-order chi connectivity index (χ1) is 14.1. The molecule has 0 amide bonds. The van der Waals surface area contributed by atoms with Crippen molar-refractivity contribution in [2.45, 2.75) is 76.6 Å². The lowest BCUT2D eigenvalue weighted by atomic mass is 9.86.